The highest BCUT2D eigenvalue weighted by molar-refractivity contribution is 6.36. The van der Waals surface area contributed by atoms with E-state index in [0.29, 0.717) is 25.6 Å². The summed E-state index contributed by atoms with van der Waals surface area (Å²) in [4.78, 5) is 0.428. The predicted octanol–water partition coefficient (Wildman–Crippen LogP) is 5.57. The van der Waals surface area contributed by atoms with Crippen molar-refractivity contribution in [1.82, 2.24) is 0 Å². The van der Waals surface area contributed by atoms with Gasteiger partial charge in [-0.1, -0.05) is 46.9 Å². The van der Waals surface area contributed by atoms with Gasteiger partial charge in [0.2, 0.25) is 0 Å². The molecule has 0 spiro atoms. The number of para-hydroxylation sites is 1. The Bertz CT molecular complexity index is 614. The van der Waals surface area contributed by atoms with E-state index in [1.165, 1.54) is 6.07 Å². The zero-order valence-electron chi connectivity index (χ0n) is 8.98. The molecule has 0 saturated heterocycles. The minimum atomic E-state index is 0.255. The molecule has 0 aliphatic carbocycles. The predicted molar refractivity (Wildman–Crippen MR) is 73.3 cm³/mol. The maximum absolute atomic E-state index is 11.8. The molecule has 0 aromatic heterocycles. The monoisotopic (exact) mass is 300 g/mol. The van der Waals surface area contributed by atoms with Gasteiger partial charge in [-0.2, -0.15) is 0 Å². The van der Waals surface area contributed by atoms with Gasteiger partial charge in [0.15, 0.2) is 5.69 Å². The number of hydrogen-bond donors (Lipinski definition) is 0. The summed E-state index contributed by atoms with van der Waals surface area (Å²) in [6.45, 7) is 0. The maximum Gasteiger partial charge on any atom is 0.263 e. The zero-order valence-corrected chi connectivity index (χ0v) is 11.2. The van der Waals surface area contributed by atoms with Crippen LogP contribution in [0.3, 0.4) is 0 Å². The molecule has 0 atom stereocenters. The fraction of sp³-hybridized carbons (Fsp3) is 0. The average molecular weight is 302 g/mol. The summed E-state index contributed by atoms with van der Waals surface area (Å²) >= 11 is 17.6. The van der Waals surface area contributed by atoms with Gasteiger partial charge in [0, 0.05) is 16.2 Å². The Kier molecular flexibility index (Phi) is 4.07. The normalized spacial score (nSPS) is 11.6. The quantitative estimate of drug-likeness (QED) is 0.406. The van der Waals surface area contributed by atoms with Crippen LogP contribution in [0.25, 0.3) is 0 Å². The van der Waals surface area contributed by atoms with Gasteiger partial charge in [0.05, 0.1) is 5.02 Å². The van der Waals surface area contributed by atoms with E-state index in [1.807, 2.05) is 0 Å². The van der Waals surface area contributed by atoms with Gasteiger partial charge in [-0.15, -0.1) is 0 Å². The summed E-state index contributed by atoms with van der Waals surface area (Å²) in [5, 5.41) is 16.8. The van der Waals surface area contributed by atoms with Gasteiger partial charge in [-0.25, -0.2) is 0 Å². The first kappa shape index (κ1) is 13.1. The van der Waals surface area contributed by atoms with Crippen LogP contribution in [0.4, 0.5) is 11.4 Å². The molecule has 0 saturated carbocycles. The molecule has 2 rings (SSSR count). The van der Waals surface area contributed by atoms with Crippen LogP contribution in [0.2, 0.25) is 15.1 Å². The van der Waals surface area contributed by atoms with Crippen molar-refractivity contribution in [1.29, 1.82) is 0 Å². The van der Waals surface area contributed by atoms with Gasteiger partial charge >= 0.3 is 0 Å². The van der Waals surface area contributed by atoms with Crippen molar-refractivity contribution in [3.63, 3.8) is 0 Å². The van der Waals surface area contributed by atoms with Gasteiger partial charge in [0.1, 0.15) is 5.02 Å². The van der Waals surface area contributed by atoms with Crippen molar-refractivity contribution in [2.24, 2.45) is 5.11 Å². The fourth-order valence-corrected chi connectivity index (χ4v) is 1.98. The smallest absolute Gasteiger partial charge is 0.263 e. The van der Waals surface area contributed by atoms with Crippen molar-refractivity contribution in [3.8, 4) is 0 Å². The third kappa shape index (κ3) is 2.93. The van der Waals surface area contributed by atoms with Crippen LogP contribution in [0.15, 0.2) is 47.6 Å². The van der Waals surface area contributed by atoms with Gasteiger partial charge in [-0.05, 0) is 29.1 Å². The molecule has 0 aliphatic rings. The Morgan fingerprint density at radius 1 is 0.944 bits per heavy atom. The molecule has 0 amide bonds. The highest BCUT2D eigenvalue weighted by Crippen LogP contribution is 2.30. The molecular formula is C12H7Cl3N2O. The third-order valence-electron chi connectivity index (χ3n) is 2.17. The summed E-state index contributed by atoms with van der Waals surface area (Å²) < 4.78 is 0. The number of halogens is 3. The van der Waals surface area contributed by atoms with Crippen LogP contribution >= 0.6 is 34.8 Å². The Hall–Kier alpha value is -1.29. The lowest BCUT2D eigenvalue weighted by atomic mass is 10.3. The van der Waals surface area contributed by atoms with Crippen molar-refractivity contribution in [3.05, 3.63) is 62.7 Å². The molecule has 0 bridgehead atoms. The highest BCUT2D eigenvalue weighted by atomic mass is 35.5. The number of azo groups is 1. The Balaban J connectivity index is 2.42. The standard InChI is InChI=1S/C12H7Cl3N2O/c13-8-5-6-11(10(15)7-8)16-17(18)12-4-2-1-3-9(12)14/h1-7H. The summed E-state index contributed by atoms with van der Waals surface area (Å²) in [6, 6.07) is 11.3. The van der Waals surface area contributed by atoms with Crippen LogP contribution < -0.4 is 0 Å². The Morgan fingerprint density at radius 2 is 1.67 bits per heavy atom. The van der Waals surface area contributed by atoms with E-state index in [1.54, 1.807) is 36.4 Å². The van der Waals surface area contributed by atoms with Crippen LogP contribution in [0, 0.1) is 5.21 Å². The zero-order chi connectivity index (χ0) is 13.1. The summed E-state index contributed by atoms with van der Waals surface area (Å²) in [7, 11) is 0. The van der Waals surface area contributed by atoms with E-state index in [0.717, 1.165) is 0 Å². The molecule has 0 heterocycles. The van der Waals surface area contributed by atoms with E-state index in [2.05, 4.69) is 5.11 Å². The largest absolute Gasteiger partial charge is 0.594 e. The highest BCUT2D eigenvalue weighted by Gasteiger charge is 2.10. The van der Waals surface area contributed by atoms with Gasteiger partial charge < -0.3 is 5.21 Å². The second kappa shape index (κ2) is 5.57. The molecule has 92 valence electrons. The van der Waals surface area contributed by atoms with Crippen LogP contribution in [0.1, 0.15) is 0 Å². The second-order valence-electron chi connectivity index (χ2n) is 3.42. The molecule has 2 aromatic rings. The molecule has 3 nitrogen and oxygen atoms in total. The van der Waals surface area contributed by atoms with E-state index in [-0.39, 0.29) is 5.69 Å². The first-order valence-corrected chi connectivity index (χ1v) is 6.10. The number of nitrogens with zero attached hydrogens (tertiary/aromatic N) is 2. The van der Waals surface area contributed by atoms with Crippen molar-refractivity contribution >= 4 is 46.2 Å². The first-order valence-electron chi connectivity index (χ1n) is 4.96. The lowest BCUT2D eigenvalue weighted by molar-refractivity contribution is -0.435. The maximum atomic E-state index is 11.8. The van der Waals surface area contributed by atoms with Crippen molar-refractivity contribution in [2.45, 2.75) is 0 Å². The lowest BCUT2D eigenvalue weighted by Gasteiger charge is -2.02. The summed E-state index contributed by atoms with van der Waals surface area (Å²) in [5.74, 6) is 0. The van der Waals surface area contributed by atoms with E-state index in [4.69, 9.17) is 34.8 Å². The molecule has 0 N–H and O–H groups in total. The summed E-state index contributed by atoms with van der Waals surface area (Å²) in [5.41, 5.74) is 0.584. The molecular weight excluding hydrogens is 295 g/mol. The molecule has 6 heteroatoms. The van der Waals surface area contributed by atoms with Crippen LogP contribution in [-0.4, -0.2) is 4.86 Å². The second-order valence-corrected chi connectivity index (χ2v) is 4.67. The fourth-order valence-electron chi connectivity index (χ4n) is 1.32. The summed E-state index contributed by atoms with van der Waals surface area (Å²) in [6.07, 6.45) is 0. The molecule has 0 fully saturated rings. The van der Waals surface area contributed by atoms with E-state index in [9.17, 15) is 5.21 Å². The van der Waals surface area contributed by atoms with Crippen LogP contribution in [-0.2, 0) is 0 Å². The Labute approximate surface area is 119 Å². The number of hydrogen-bond acceptors (Lipinski definition) is 2. The lowest BCUT2D eigenvalue weighted by Crippen LogP contribution is -1.91. The minimum absolute atomic E-state index is 0.255. The van der Waals surface area contributed by atoms with E-state index >= 15 is 0 Å². The molecule has 0 radical (unpaired) electrons. The third-order valence-corrected chi connectivity index (χ3v) is 3.02. The van der Waals surface area contributed by atoms with Gasteiger partial charge in [-0.3, -0.25) is 0 Å². The van der Waals surface area contributed by atoms with E-state index < -0.39 is 0 Å². The van der Waals surface area contributed by atoms with Crippen LogP contribution in [0.5, 0.6) is 0 Å². The SMILES string of the molecule is [O-][N+](=Nc1ccc(Cl)cc1Cl)c1ccccc1Cl. The van der Waals surface area contributed by atoms with Gasteiger partial charge in [0.25, 0.3) is 5.69 Å². The Morgan fingerprint density at radius 3 is 2.33 bits per heavy atom. The topological polar surface area (TPSA) is 38.4 Å². The first-order chi connectivity index (χ1) is 8.58. The minimum Gasteiger partial charge on any atom is -0.594 e. The number of benzene rings is 2. The number of rotatable bonds is 2. The molecule has 0 unspecified atom stereocenters. The van der Waals surface area contributed by atoms with Crippen molar-refractivity contribution < 1.29 is 4.86 Å². The molecule has 2 aromatic carbocycles. The van der Waals surface area contributed by atoms with Crippen molar-refractivity contribution in [2.75, 3.05) is 0 Å². The molecule has 18 heavy (non-hydrogen) atoms. The molecule has 0 aliphatic heterocycles. The average Bonchev–Trinajstić information content (AvgIpc) is 2.33.